The molecule has 1 saturated carbocycles. The van der Waals surface area contributed by atoms with Gasteiger partial charge < -0.3 is 0 Å². The first-order valence-electron chi connectivity index (χ1n) is 7.75. The number of carbonyl (C=O) groups is 1. The van der Waals surface area contributed by atoms with E-state index in [1.165, 1.54) is 44.9 Å². The number of aryl methyl sites for hydroxylation is 1. The number of rotatable bonds is 2. The van der Waals surface area contributed by atoms with E-state index in [0.717, 1.165) is 18.4 Å². The smallest absolute Gasteiger partial charge is 0.184 e. The van der Waals surface area contributed by atoms with Crippen LogP contribution in [0.1, 0.15) is 73.8 Å². The molecule has 0 spiro atoms. The molecule has 1 aliphatic rings. The molecule has 0 unspecified atom stereocenters. The van der Waals surface area contributed by atoms with Gasteiger partial charge in [-0.15, -0.1) is 0 Å². The van der Waals surface area contributed by atoms with Crippen molar-refractivity contribution in [1.29, 1.82) is 0 Å². The molecule has 0 aromatic carbocycles. The van der Waals surface area contributed by atoms with E-state index in [-0.39, 0.29) is 11.7 Å². The van der Waals surface area contributed by atoms with E-state index in [4.69, 9.17) is 0 Å². The van der Waals surface area contributed by atoms with E-state index >= 15 is 0 Å². The van der Waals surface area contributed by atoms with Crippen LogP contribution < -0.4 is 0 Å². The minimum absolute atomic E-state index is 0.201. The topological polar surface area (TPSA) is 30.0 Å². The number of pyridine rings is 1. The third kappa shape index (κ3) is 4.15. The molecule has 1 aromatic heterocycles. The number of nitrogens with zero attached hydrogens (tertiary/aromatic N) is 1. The van der Waals surface area contributed by atoms with Crippen molar-refractivity contribution in [2.45, 2.75) is 64.7 Å². The van der Waals surface area contributed by atoms with Crippen molar-refractivity contribution in [3.05, 3.63) is 29.6 Å². The summed E-state index contributed by atoms with van der Waals surface area (Å²) in [6.45, 7) is 1.99. The van der Waals surface area contributed by atoms with Crippen molar-refractivity contribution in [2.24, 2.45) is 5.92 Å². The molecule has 104 valence electrons. The van der Waals surface area contributed by atoms with Crippen LogP contribution in [0.3, 0.4) is 0 Å². The quantitative estimate of drug-likeness (QED) is 0.720. The van der Waals surface area contributed by atoms with Gasteiger partial charge in [-0.25, -0.2) is 0 Å². The Morgan fingerprint density at radius 2 is 1.63 bits per heavy atom. The molecular weight excluding hydrogens is 234 g/mol. The molecule has 0 bridgehead atoms. The number of carbonyl (C=O) groups excluding carboxylic acids is 1. The highest BCUT2D eigenvalue weighted by atomic mass is 16.1. The summed E-state index contributed by atoms with van der Waals surface area (Å²) in [6, 6.07) is 3.89. The largest absolute Gasteiger partial charge is 0.292 e. The fourth-order valence-corrected chi connectivity index (χ4v) is 3.01. The minimum Gasteiger partial charge on any atom is -0.292 e. The Kier molecular flexibility index (Phi) is 5.56. The van der Waals surface area contributed by atoms with E-state index in [1.807, 2.05) is 19.1 Å². The molecule has 19 heavy (non-hydrogen) atoms. The number of hydrogen-bond donors (Lipinski definition) is 0. The predicted octanol–water partition coefficient (Wildman–Crippen LogP) is 4.71. The Labute approximate surface area is 116 Å². The van der Waals surface area contributed by atoms with Gasteiger partial charge in [-0.1, -0.05) is 51.0 Å². The van der Waals surface area contributed by atoms with E-state index in [0.29, 0.717) is 5.69 Å². The van der Waals surface area contributed by atoms with E-state index in [2.05, 4.69) is 4.98 Å². The van der Waals surface area contributed by atoms with Crippen molar-refractivity contribution in [3.63, 3.8) is 0 Å². The third-order valence-electron chi connectivity index (χ3n) is 4.22. The van der Waals surface area contributed by atoms with Gasteiger partial charge in [0, 0.05) is 12.1 Å². The van der Waals surface area contributed by atoms with Gasteiger partial charge in [-0.3, -0.25) is 9.78 Å². The zero-order valence-corrected chi connectivity index (χ0v) is 12.0. The summed E-state index contributed by atoms with van der Waals surface area (Å²) < 4.78 is 0. The lowest BCUT2D eigenvalue weighted by atomic mass is 9.87. The fraction of sp³-hybridized carbons (Fsp3) is 0.647. The number of Topliss-reactive ketones (excluding diaryl/α,β-unsaturated/α-hetero) is 1. The summed E-state index contributed by atoms with van der Waals surface area (Å²) in [5, 5.41) is 0. The lowest BCUT2D eigenvalue weighted by Gasteiger charge is -2.17. The van der Waals surface area contributed by atoms with Gasteiger partial charge in [0.05, 0.1) is 0 Å². The molecule has 0 radical (unpaired) electrons. The molecular formula is C17H25NO. The number of ketones is 1. The molecule has 0 atom stereocenters. The monoisotopic (exact) mass is 259 g/mol. The minimum atomic E-state index is 0.201. The van der Waals surface area contributed by atoms with Crippen LogP contribution in [0.4, 0.5) is 0 Å². The van der Waals surface area contributed by atoms with Crippen molar-refractivity contribution in [1.82, 2.24) is 4.98 Å². The van der Waals surface area contributed by atoms with Gasteiger partial charge in [0.1, 0.15) is 5.69 Å². The first-order valence-corrected chi connectivity index (χ1v) is 7.75. The van der Waals surface area contributed by atoms with Gasteiger partial charge in [0.25, 0.3) is 0 Å². The van der Waals surface area contributed by atoms with Crippen LogP contribution in [0.2, 0.25) is 0 Å². The second-order valence-corrected chi connectivity index (χ2v) is 5.78. The van der Waals surface area contributed by atoms with Crippen LogP contribution >= 0.6 is 0 Å². The molecule has 0 amide bonds. The van der Waals surface area contributed by atoms with Crippen LogP contribution in [0.15, 0.2) is 18.3 Å². The summed E-state index contributed by atoms with van der Waals surface area (Å²) in [7, 11) is 0. The second kappa shape index (κ2) is 7.42. The summed E-state index contributed by atoms with van der Waals surface area (Å²) >= 11 is 0. The Balaban J connectivity index is 2.04. The zero-order chi connectivity index (χ0) is 13.5. The Morgan fingerprint density at radius 3 is 2.21 bits per heavy atom. The second-order valence-electron chi connectivity index (χ2n) is 5.78. The first kappa shape index (κ1) is 14.2. The summed E-state index contributed by atoms with van der Waals surface area (Å²) in [5.74, 6) is 0.477. The Hall–Kier alpha value is -1.18. The predicted molar refractivity (Wildman–Crippen MR) is 78.3 cm³/mol. The van der Waals surface area contributed by atoms with Crippen molar-refractivity contribution < 1.29 is 4.79 Å². The molecule has 2 heteroatoms. The SMILES string of the molecule is Cc1cccnc1C(=O)C1CCCCCCCCC1. The third-order valence-corrected chi connectivity index (χ3v) is 4.22. The molecule has 0 saturated heterocycles. The van der Waals surface area contributed by atoms with Gasteiger partial charge in [0.15, 0.2) is 5.78 Å². The van der Waals surface area contributed by atoms with Gasteiger partial charge in [-0.05, 0) is 31.4 Å². The van der Waals surface area contributed by atoms with Crippen molar-refractivity contribution >= 4 is 5.78 Å². The Bertz CT molecular complexity index is 403. The maximum atomic E-state index is 12.6. The van der Waals surface area contributed by atoms with Crippen molar-refractivity contribution in [3.8, 4) is 0 Å². The number of aromatic nitrogens is 1. The van der Waals surface area contributed by atoms with Crippen LogP contribution in [-0.2, 0) is 0 Å². The summed E-state index contributed by atoms with van der Waals surface area (Å²) in [5.41, 5.74) is 1.72. The average molecular weight is 259 g/mol. The molecule has 1 aromatic rings. The number of hydrogen-bond acceptors (Lipinski definition) is 2. The molecule has 2 nitrogen and oxygen atoms in total. The lowest BCUT2D eigenvalue weighted by Crippen LogP contribution is -2.18. The molecule has 1 aliphatic carbocycles. The average Bonchev–Trinajstić information content (AvgIpc) is 2.44. The highest BCUT2D eigenvalue weighted by Crippen LogP contribution is 2.25. The summed E-state index contributed by atoms with van der Waals surface area (Å²) in [6.07, 6.45) is 12.8. The molecule has 1 fully saturated rings. The maximum absolute atomic E-state index is 12.6. The van der Waals surface area contributed by atoms with E-state index < -0.39 is 0 Å². The maximum Gasteiger partial charge on any atom is 0.184 e. The van der Waals surface area contributed by atoms with Gasteiger partial charge in [0.2, 0.25) is 0 Å². The molecule has 2 rings (SSSR count). The standard InChI is InChI=1S/C17H25NO/c1-14-10-9-13-18-16(14)17(19)15-11-7-5-3-2-4-6-8-12-15/h9-10,13,15H,2-8,11-12H2,1H3. The van der Waals surface area contributed by atoms with Gasteiger partial charge >= 0.3 is 0 Å². The van der Waals surface area contributed by atoms with Crippen LogP contribution in [-0.4, -0.2) is 10.8 Å². The van der Waals surface area contributed by atoms with Gasteiger partial charge in [-0.2, -0.15) is 0 Å². The van der Waals surface area contributed by atoms with Crippen LogP contribution in [0, 0.1) is 12.8 Å². The zero-order valence-electron chi connectivity index (χ0n) is 12.0. The Morgan fingerprint density at radius 1 is 1.05 bits per heavy atom. The summed E-state index contributed by atoms with van der Waals surface area (Å²) in [4.78, 5) is 16.9. The van der Waals surface area contributed by atoms with E-state index in [9.17, 15) is 4.79 Å². The van der Waals surface area contributed by atoms with E-state index in [1.54, 1.807) is 6.20 Å². The molecule has 0 aliphatic heterocycles. The molecule has 0 N–H and O–H groups in total. The lowest BCUT2D eigenvalue weighted by molar-refractivity contribution is 0.0895. The highest BCUT2D eigenvalue weighted by molar-refractivity contribution is 5.97. The van der Waals surface area contributed by atoms with Crippen LogP contribution in [0.25, 0.3) is 0 Å². The normalized spacial score (nSPS) is 19.0. The van der Waals surface area contributed by atoms with Crippen LogP contribution in [0.5, 0.6) is 0 Å². The fourth-order valence-electron chi connectivity index (χ4n) is 3.01. The first-order chi connectivity index (χ1) is 9.29. The highest BCUT2D eigenvalue weighted by Gasteiger charge is 2.22. The molecule has 1 heterocycles. The van der Waals surface area contributed by atoms with Crippen molar-refractivity contribution in [2.75, 3.05) is 0 Å².